The van der Waals surface area contributed by atoms with Gasteiger partial charge >= 0.3 is 0 Å². The van der Waals surface area contributed by atoms with Crippen molar-refractivity contribution >= 4 is 11.7 Å². The van der Waals surface area contributed by atoms with Crippen LogP contribution in [0.2, 0.25) is 0 Å². The molecule has 0 N–H and O–H groups in total. The van der Waals surface area contributed by atoms with E-state index in [-0.39, 0.29) is 17.9 Å². The van der Waals surface area contributed by atoms with Crippen molar-refractivity contribution in [3.05, 3.63) is 12.3 Å². The van der Waals surface area contributed by atoms with Gasteiger partial charge in [0.25, 0.3) is 0 Å². The number of hydrogen-bond acceptors (Lipinski definition) is 2. The summed E-state index contributed by atoms with van der Waals surface area (Å²) in [6.45, 7) is 4.80. The summed E-state index contributed by atoms with van der Waals surface area (Å²) >= 11 is 0. The first kappa shape index (κ1) is 11.7. The maximum Gasteiger partial charge on any atom is 0.229 e. The highest BCUT2D eigenvalue weighted by atomic mass is 16.2. The second-order valence-corrected chi connectivity index (χ2v) is 4.46. The summed E-state index contributed by atoms with van der Waals surface area (Å²) in [6, 6.07) is 2.17. The lowest BCUT2D eigenvalue weighted by atomic mass is 10.1. The van der Waals surface area contributed by atoms with Crippen LogP contribution in [0.1, 0.15) is 32.7 Å². The fourth-order valence-corrected chi connectivity index (χ4v) is 2.07. The van der Waals surface area contributed by atoms with Crippen molar-refractivity contribution in [2.24, 2.45) is 5.92 Å². The third kappa shape index (κ3) is 2.05. The van der Waals surface area contributed by atoms with Gasteiger partial charge in [0.1, 0.15) is 5.82 Å². The van der Waals surface area contributed by atoms with Crippen molar-refractivity contribution < 1.29 is 4.79 Å². The van der Waals surface area contributed by atoms with E-state index < -0.39 is 0 Å². The number of hydrogen-bond donors (Lipinski definition) is 0. The minimum Gasteiger partial charge on any atom is -0.296 e. The van der Waals surface area contributed by atoms with E-state index in [4.69, 9.17) is 6.42 Å². The van der Waals surface area contributed by atoms with Crippen molar-refractivity contribution in [2.75, 3.05) is 11.4 Å². The molecule has 0 aromatic carbocycles. The van der Waals surface area contributed by atoms with Crippen molar-refractivity contribution in [3.8, 4) is 12.3 Å². The quantitative estimate of drug-likeness (QED) is 0.744. The van der Waals surface area contributed by atoms with Crippen LogP contribution < -0.4 is 4.90 Å². The molecule has 2 unspecified atom stereocenters. The van der Waals surface area contributed by atoms with Gasteiger partial charge < -0.3 is 0 Å². The van der Waals surface area contributed by atoms with Gasteiger partial charge in [0.2, 0.25) is 5.91 Å². The molecule has 1 fully saturated rings. The lowest BCUT2D eigenvalue weighted by Crippen LogP contribution is -2.28. The average Bonchev–Trinajstić information content (AvgIpc) is 2.93. The second kappa shape index (κ2) is 4.62. The van der Waals surface area contributed by atoms with E-state index in [0.29, 0.717) is 13.0 Å². The Morgan fingerprint density at radius 2 is 2.47 bits per heavy atom. The molecule has 4 heteroatoms. The number of rotatable bonds is 3. The van der Waals surface area contributed by atoms with E-state index in [9.17, 15) is 4.79 Å². The molecule has 2 rings (SSSR count). The maximum atomic E-state index is 11.9. The van der Waals surface area contributed by atoms with E-state index in [1.54, 1.807) is 11.1 Å². The molecule has 2 heterocycles. The Morgan fingerprint density at radius 1 is 1.71 bits per heavy atom. The zero-order chi connectivity index (χ0) is 12.4. The Labute approximate surface area is 102 Å². The maximum absolute atomic E-state index is 11.9. The number of nitrogens with zero attached hydrogens (tertiary/aromatic N) is 3. The minimum absolute atomic E-state index is 0.0304. The van der Waals surface area contributed by atoms with Gasteiger partial charge in [-0.25, -0.2) is 4.68 Å². The first-order valence-corrected chi connectivity index (χ1v) is 5.97. The Kier molecular flexibility index (Phi) is 3.19. The summed E-state index contributed by atoms with van der Waals surface area (Å²) in [4.78, 5) is 13.6. The van der Waals surface area contributed by atoms with Crippen molar-refractivity contribution in [1.82, 2.24) is 9.78 Å². The monoisotopic (exact) mass is 231 g/mol. The molecule has 1 amide bonds. The molecule has 1 saturated heterocycles. The largest absolute Gasteiger partial charge is 0.296 e. The zero-order valence-corrected chi connectivity index (χ0v) is 10.3. The summed E-state index contributed by atoms with van der Waals surface area (Å²) < 4.78 is 1.90. The van der Waals surface area contributed by atoms with E-state index in [2.05, 4.69) is 24.9 Å². The molecular weight excluding hydrogens is 214 g/mol. The fraction of sp³-hybridized carbons (Fsp3) is 0.538. The topological polar surface area (TPSA) is 38.1 Å². The molecule has 0 bridgehead atoms. The molecule has 1 aromatic rings. The average molecular weight is 231 g/mol. The Bertz CT molecular complexity index is 457. The Balaban J connectivity index is 2.27. The van der Waals surface area contributed by atoms with Crippen LogP contribution in [-0.2, 0) is 4.79 Å². The summed E-state index contributed by atoms with van der Waals surface area (Å²) in [5, 5.41) is 4.29. The third-order valence-electron chi connectivity index (χ3n) is 3.30. The fourth-order valence-electron chi connectivity index (χ4n) is 2.07. The smallest absolute Gasteiger partial charge is 0.229 e. The van der Waals surface area contributed by atoms with E-state index in [0.717, 1.165) is 12.2 Å². The van der Waals surface area contributed by atoms with Gasteiger partial charge in [0.05, 0.1) is 12.2 Å². The summed E-state index contributed by atoms with van der Waals surface area (Å²) in [5.74, 6) is 3.65. The number of anilines is 1. The molecule has 0 radical (unpaired) electrons. The van der Waals surface area contributed by atoms with Gasteiger partial charge in [0.15, 0.2) is 0 Å². The van der Waals surface area contributed by atoms with Gasteiger partial charge in [-0.3, -0.25) is 9.69 Å². The molecule has 17 heavy (non-hydrogen) atoms. The highest BCUT2D eigenvalue weighted by molar-refractivity contribution is 5.95. The van der Waals surface area contributed by atoms with Crippen LogP contribution in [0, 0.1) is 18.3 Å². The van der Waals surface area contributed by atoms with Gasteiger partial charge in [-0.1, -0.05) is 6.92 Å². The van der Waals surface area contributed by atoms with Crippen molar-refractivity contribution in [1.29, 1.82) is 0 Å². The summed E-state index contributed by atoms with van der Waals surface area (Å²) in [5.41, 5.74) is 0. The van der Waals surface area contributed by atoms with Crippen LogP contribution >= 0.6 is 0 Å². The zero-order valence-electron chi connectivity index (χ0n) is 10.3. The minimum atomic E-state index is 0.0304. The number of aromatic nitrogens is 2. The van der Waals surface area contributed by atoms with Gasteiger partial charge in [-0.2, -0.15) is 5.10 Å². The van der Waals surface area contributed by atoms with Crippen LogP contribution in [0.4, 0.5) is 5.82 Å². The molecule has 1 aliphatic heterocycles. The molecule has 2 atom stereocenters. The standard InChI is InChI=1S/C13H17N3O/c1-4-10(3)16-12(6-7-14-16)15-9-11(5-2)8-13(15)17/h2,6-7,10-11H,4,8-9H2,1,3H3. The Morgan fingerprint density at radius 3 is 3.06 bits per heavy atom. The van der Waals surface area contributed by atoms with E-state index in [1.807, 2.05) is 10.7 Å². The van der Waals surface area contributed by atoms with Crippen LogP contribution in [0.25, 0.3) is 0 Å². The van der Waals surface area contributed by atoms with Crippen LogP contribution in [0.3, 0.4) is 0 Å². The second-order valence-electron chi connectivity index (χ2n) is 4.46. The predicted octanol–water partition coefficient (Wildman–Crippen LogP) is 1.84. The van der Waals surface area contributed by atoms with Crippen molar-refractivity contribution in [2.45, 2.75) is 32.7 Å². The van der Waals surface area contributed by atoms with E-state index in [1.165, 1.54) is 0 Å². The number of amides is 1. The van der Waals surface area contributed by atoms with Crippen molar-refractivity contribution in [3.63, 3.8) is 0 Å². The lowest BCUT2D eigenvalue weighted by molar-refractivity contribution is -0.117. The molecule has 90 valence electrons. The summed E-state index contributed by atoms with van der Waals surface area (Å²) in [7, 11) is 0. The van der Waals surface area contributed by atoms with Crippen LogP contribution in [0.15, 0.2) is 12.3 Å². The molecule has 1 aromatic heterocycles. The molecular formula is C13H17N3O. The molecule has 0 spiro atoms. The molecule has 1 aliphatic rings. The normalized spacial score (nSPS) is 21.6. The highest BCUT2D eigenvalue weighted by Crippen LogP contribution is 2.27. The first-order valence-electron chi connectivity index (χ1n) is 5.97. The number of terminal acetylenes is 1. The van der Waals surface area contributed by atoms with Crippen LogP contribution in [0.5, 0.6) is 0 Å². The Hall–Kier alpha value is -1.76. The van der Waals surface area contributed by atoms with E-state index >= 15 is 0 Å². The highest BCUT2D eigenvalue weighted by Gasteiger charge is 2.31. The molecule has 0 saturated carbocycles. The van der Waals surface area contributed by atoms with Gasteiger partial charge in [-0.05, 0) is 13.3 Å². The van der Waals surface area contributed by atoms with Crippen LogP contribution in [-0.4, -0.2) is 22.2 Å². The predicted molar refractivity (Wildman–Crippen MR) is 66.5 cm³/mol. The number of carbonyl (C=O) groups excluding carboxylic acids is 1. The molecule has 4 nitrogen and oxygen atoms in total. The SMILES string of the molecule is C#CC1CC(=O)N(c2ccnn2C(C)CC)C1. The van der Waals surface area contributed by atoms with Gasteiger partial charge in [-0.15, -0.1) is 12.3 Å². The molecule has 0 aliphatic carbocycles. The third-order valence-corrected chi connectivity index (χ3v) is 3.30. The van der Waals surface area contributed by atoms with Gasteiger partial charge in [0, 0.05) is 24.9 Å². The first-order chi connectivity index (χ1) is 8.17. The lowest BCUT2D eigenvalue weighted by Gasteiger charge is -2.20. The number of carbonyl (C=O) groups is 1. The summed E-state index contributed by atoms with van der Waals surface area (Å²) in [6.07, 6.45) is 8.55.